The number of hydrogen-bond acceptors (Lipinski definition) is 4. The molecule has 4 aliphatic rings. The first-order valence-corrected chi connectivity index (χ1v) is 9.76. The zero-order chi connectivity index (χ0) is 18.0. The molecule has 6 atom stereocenters. The Morgan fingerprint density at radius 1 is 1.24 bits per heavy atom. The zero-order valence-corrected chi connectivity index (χ0v) is 15.5. The summed E-state index contributed by atoms with van der Waals surface area (Å²) >= 11 is 0. The van der Waals surface area contributed by atoms with E-state index in [9.17, 15) is 14.8 Å². The van der Waals surface area contributed by atoms with Crippen LogP contribution in [0.4, 0.5) is 0 Å². The van der Waals surface area contributed by atoms with E-state index in [0.717, 1.165) is 44.2 Å². The summed E-state index contributed by atoms with van der Waals surface area (Å²) in [5.41, 5.74) is 2.00. The fourth-order valence-electron chi connectivity index (χ4n) is 7.18. The summed E-state index contributed by atoms with van der Waals surface area (Å²) in [6.07, 6.45) is 8.14. The Kier molecular flexibility index (Phi) is 3.75. The molecular weight excluding hydrogens is 314 g/mol. The van der Waals surface area contributed by atoms with Crippen molar-refractivity contribution in [2.45, 2.75) is 65.7 Å². The highest BCUT2D eigenvalue weighted by molar-refractivity contribution is 5.94. The lowest BCUT2D eigenvalue weighted by Gasteiger charge is -2.57. The van der Waals surface area contributed by atoms with Gasteiger partial charge in [-0.1, -0.05) is 24.6 Å². The molecule has 0 bridgehead atoms. The molecule has 25 heavy (non-hydrogen) atoms. The van der Waals surface area contributed by atoms with Crippen molar-refractivity contribution in [2.75, 3.05) is 0 Å². The highest BCUT2D eigenvalue weighted by atomic mass is 16.4. The van der Waals surface area contributed by atoms with Gasteiger partial charge in [-0.3, -0.25) is 9.59 Å². The van der Waals surface area contributed by atoms with E-state index in [1.807, 2.05) is 6.08 Å². The molecule has 0 amide bonds. The van der Waals surface area contributed by atoms with E-state index < -0.39 is 0 Å². The summed E-state index contributed by atoms with van der Waals surface area (Å²) in [7, 11) is 0. The molecule has 4 heteroatoms. The van der Waals surface area contributed by atoms with Crippen molar-refractivity contribution in [2.24, 2.45) is 39.7 Å². The molecule has 4 nitrogen and oxygen atoms in total. The topological polar surface area (TPSA) is 66.7 Å². The normalized spacial score (nSPS) is 47.7. The second kappa shape index (κ2) is 5.52. The Morgan fingerprint density at radius 2 is 2.00 bits per heavy atom. The van der Waals surface area contributed by atoms with Crippen molar-refractivity contribution in [3.8, 4) is 0 Å². The molecule has 4 aliphatic carbocycles. The molecule has 4 rings (SSSR count). The van der Waals surface area contributed by atoms with E-state index in [1.54, 1.807) is 6.92 Å². The fraction of sp³-hybridized carbons (Fsp3) is 0.762. The number of Topliss-reactive ketones (excluding diaryl/α,β-unsaturated/α-hetero) is 1. The molecule has 0 heterocycles. The number of ketones is 2. The molecule has 0 aromatic carbocycles. The molecule has 0 aromatic heterocycles. The van der Waals surface area contributed by atoms with Crippen LogP contribution < -0.4 is 0 Å². The van der Waals surface area contributed by atoms with Gasteiger partial charge in [-0.25, -0.2) is 0 Å². The van der Waals surface area contributed by atoms with Crippen LogP contribution >= 0.6 is 0 Å². The second-order valence-corrected chi connectivity index (χ2v) is 9.35. The maximum atomic E-state index is 12.2. The Morgan fingerprint density at radius 3 is 2.68 bits per heavy atom. The predicted molar refractivity (Wildman–Crippen MR) is 95.5 cm³/mol. The smallest absolute Gasteiger partial charge is 0.155 e. The first-order chi connectivity index (χ1) is 11.8. The van der Waals surface area contributed by atoms with Gasteiger partial charge in [-0.2, -0.15) is 0 Å². The number of rotatable bonds is 1. The summed E-state index contributed by atoms with van der Waals surface area (Å²) in [4.78, 5) is 24.2. The van der Waals surface area contributed by atoms with E-state index in [2.05, 4.69) is 19.0 Å². The monoisotopic (exact) mass is 343 g/mol. The minimum absolute atomic E-state index is 0.0615. The van der Waals surface area contributed by atoms with Gasteiger partial charge in [0, 0.05) is 18.3 Å². The first kappa shape index (κ1) is 17.0. The fourth-order valence-corrected chi connectivity index (χ4v) is 7.18. The van der Waals surface area contributed by atoms with Crippen LogP contribution in [-0.4, -0.2) is 22.5 Å². The molecule has 0 aliphatic heterocycles. The van der Waals surface area contributed by atoms with Crippen LogP contribution in [0.3, 0.4) is 0 Å². The van der Waals surface area contributed by atoms with Crippen molar-refractivity contribution in [3.05, 3.63) is 11.6 Å². The van der Waals surface area contributed by atoms with Gasteiger partial charge in [0.1, 0.15) is 5.78 Å². The molecule has 3 saturated carbocycles. The standard InChI is InChI=1S/C21H29NO3/c1-12(23)16-6-7-17-15-5-4-13-10-14(24)8-9-20(13,2)19(15)18(22-25)11-21(16,17)3/h10,15-17,19,25H,4-9,11H2,1-3H3/t15-,16+,17-,19+,20-,21+/m0/s1. The largest absolute Gasteiger partial charge is 0.411 e. The molecule has 3 fully saturated rings. The average molecular weight is 343 g/mol. The van der Waals surface area contributed by atoms with Gasteiger partial charge in [0.15, 0.2) is 5.78 Å². The van der Waals surface area contributed by atoms with E-state index >= 15 is 0 Å². The Bertz CT molecular complexity index is 693. The number of oxime groups is 1. The number of allylic oxidation sites excluding steroid dienone is 1. The Labute approximate surface area is 149 Å². The van der Waals surface area contributed by atoms with Crippen molar-refractivity contribution >= 4 is 17.3 Å². The Balaban J connectivity index is 1.78. The van der Waals surface area contributed by atoms with Gasteiger partial charge in [0.25, 0.3) is 0 Å². The highest BCUT2D eigenvalue weighted by Gasteiger charge is 2.62. The van der Waals surface area contributed by atoms with E-state index in [4.69, 9.17) is 0 Å². The summed E-state index contributed by atoms with van der Waals surface area (Å²) in [5, 5.41) is 13.6. The maximum absolute atomic E-state index is 12.2. The predicted octanol–water partition coefficient (Wildman–Crippen LogP) is 4.16. The van der Waals surface area contributed by atoms with Crippen LogP contribution in [0.2, 0.25) is 0 Å². The number of carbonyl (C=O) groups is 2. The summed E-state index contributed by atoms with van der Waals surface area (Å²) in [6, 6.07) is 0. The van der Waals surface area contributed by atoms with Crippen LogP contribution in [0, 0.1) is 34.5 Å². The quantitative estimate of drug-likeness (QED) is 0.574. The number of fused-ring (bicyclic) bond motifs is 5. The van der Waals surface area contributed by atoms with Crippen LogP contribution in [0.5, 0.6) is 0 Å². The molecule has 0 saturated heterocycles. The minimum Gasteiger partial charge on any atom is -0.411 e. The lowest BCUT2D eigenvalue weighted by molar-refractivity contribution is -0.125. The average Bonchev–Trinajstić information content (AvgIpc) is 2.91. The molecule has 0 unspecified atom stereocenters. The number of carbonyl (C=O) groups excluding carboxylic acids is 2. The van der Waals surface area contributed by atoms with Gasteiger partial charge in [-0.05, 0) is 74.2 Å². The van der Waals surface area contributed by atoms with Gasteiger partial charge in [-0.15, -0.1) is 0 Å². The molecular formula is C21H29NO3. The van der Waals surface area contributed by atoms with Gasteiger partial charge in [0.05, 0.1) is 5.71 Å². The second-order valence-electron chi connectivity index (χ2n) is 9.35. The van der Waals surface area contributed by atoms with Crippen LogP contribution in [0.25, 0.3) is 0 Å². The van der Waals surface area contributed by atoms with Gasteiger partial charge < -0.3 is 5.21 Å². The van der Waals surface area contributed by atoms with Crippen molar-refractivity contribution < 1.29 is 14.8 Å². The molecule has 0 radical (unpaired) electrons. The number of nitrogens with zero attached hydrogens (tertiary/aromatic N) is 1. The lowest BCUT2D eigenvalue weighted by Crippen LogP contribution is -2.55. The van der Waals surface area contributed by atoms with E-state index in [0.29, 0.717) is 18.3 Å². The SMILES string of the molecule is CC(=O)[C@H]1CC[C@H]2[C@@H]3CCC4=CC(=O)CC[C@]4(C)[C@H]3C(=NO)C[C@]12C. The maximum Gasteiger partial charge on any atom is 0.155 e. The van der Waals surface area contributed by atoms with Crippen LogP contribution in [0.15, 0.2) is 16.8 Å². The van der Waals surface area contributed by atoms with Crippen LogP contribution in [-0.2, 0) is 9.59 Å². The van der Waals surface area contributed by atoms with Crippen molar-refractivity contribution in [1.29, 1.82) is 0 Å². The van der Waals surface area contributed by atoms with Crippen molar-refractivity contribution in [1.82, 2.24) is 0 Å². The van der Waals surface area contributed by atoms with Crippen molar-refractivity contribution in [3.63, 3.8) is 0 Å². The molecule has 0 aromatic rings. The highest BCUT2D eigenvalue weighted by Crippen LogP contribution is 2.65. The Hall–Kier alpha value is -1.45. The van der Waals surface area contributed by atoms with E-state index in [1.165, 1.54) is 5.57 Å². The minimum atomic E-state index is -0.0728. The molecule has 136 valence electrons. The van der Waals surface area contributed by atoms with Crippen LogP contribution in [0.1, 0.15) is 65.7 Å². The third-order valence-corrected chi connectivity index (χ3v) is 8.29. The lowest BCUT2D eigenvalue weighted by atomic mass is 9.46. The summed E-state index contributed by atoms with van der Waals surface area (Å²) in [6.45, 7) is 6.24. The summed E-state index contributed by atoms with van der Waals surface area (Å²) in [5.74, 6) is 1.82. The molecule has 1 N–H and O–H groups in total. The first-order valence-electron chi connectivity index (χ1n) is 9.76. The third kappa shape index (κ3) is 2.22. The third-order valence-electron chi connectivity index (χ3n) is 8.29. The van der Waals surface area contributed by atoms with E-state index in [-0.39, 0.29) is 34.2 Å². The molecule has 0 spiro atoms. The number of hydrogen-bond donors (Lipinski definition) is 1. The zero-order valence-electron chi connectivity index (χ0n) is 15.5. The summed E-state index contributed by atoms with van der Waals surface area (Å²) < 4.78 is 0. The van der Waals surface area contributed by atoms with Gasteiger partial charge in [0.2, 0.25) is 0 Å². The van der Waals surface area contributed by atoms with Gasteiger partial charge >= 0.3 is 0 Å².